The minimum Gasteiger partial charge on any atom is -0.371 e. The SMILES string of the molecule is Cc1ccc(C(=O)N[C@@H]2C[C@H]3CO[C@@H](c4ccccc4)CN3C2)c(F)c1. The smallest absolute Gasteiger partial charge is 0.254 e. The van der Waals surface area contributed by atoms with Gasteiger partial charge in [-0.3, -0.25) is 9.69 Å². The quantitative estimate of drug-likeness (QED) is 0.921. The average Bonchev–Trinajstić information content (AvgIpc) is 3.03. The fraction of sp³-hybridized carbons (Fsp3) is 0.381. The number of halogens is 1. The molecular weight excluding hydrogens is 331 g/mol. The summed E-state index contributed by atoms with van der Waals surface area (Å²) in [5.74, 6) is -0.807. The molecule has 2 aliphatic rings. The molecule has 1 N–H and O–H groups in total. The summed E-state index contributed by atoms with van der Waals surface area (Å²) in [6, 6.07) is 15.2. The first-order valence-electron chi connectivity index (χ1n) is 9.08. The van der Waals surface area contributed by atoms with Crippen LogP contribution in [0, 0.1) is 12.7 Å². The van der Waals surface area contributed by atoms with E-state index in [9.17, 15) is 9.18 Å². The Hall–Kier alpha value is -2.24. The maximum Gasteiger partial charge on any atom is 0.254 e. The van der Waals surface area contributed by atoms with Crippen LogP contribution in [0.4, 0.5) is 4.39 Å². The van der Waals surface area contributed by atoms with Crippen LogP contribution >= 0.6 is 0 Å². The Morgan fingerprint density at radius 3 is 2.77 bits per heavy atom. The molecule has 5 heteroatoms. The van der Waals surface area contributed by atoms with Gasteiger partial charge in [0.2, 0.25) is 0 Å². The van der Waals surface area contributed by atoms with Gasteiger partial charge in [0.1, 0.15) is 5.82 Å². The van der Waals surface area contributed by atoms with Crippen LogP contribution in [-0.2, 0) is 4.74 Å². The number of rotatable bonds is 3. The monoisotopic (exact) mass is 354 g/mol. The molecule has 136 valence electrons. The van der Waals surface area contributed by atoms with Gasteiger partial charge in [-0.2, -0.15) is 0 Å². The van der Waals surface area contributed by atoms with Crippen molar-refractivity contribution in [2.45, 2.75) is 31.5 Å². The molecule has 4 nitrogen and oxygen atoms in total. The third kappa shape index (κ3) is 3.50. The summed E-state index contributed by atoms with van der Waals surface area (Å²) in [6.45, 7) is 4.06. The largest absolute Gasteiger partial charge is 0.371 e. The minimum absolute atomic E-state index is 0.0197. The standard InChI is InChI=1S/C21H23FN2O2/c1-14-7-8-18(19(22)9-14)21(25)23-16-10-17-13-26-20(12-24(17)11-16)15-5-3-2-4-6-15/h2-9,16-17,20H,10-13H2,1H3,(H,23,25)/t16-,17+,20-/m1/s1. The van der Waals surface area contributed by atoms with Crippen molar-refractivity contribution in [3.05, 3.63) is 71.0 Å². The van der Waals surface area contributed by atoms with Gasteiger partial charge in [-0.05, 0) is 36.6 Å². The molecule has 1 amide bonds. The van der Waals surface area contributed by atoms with E-state index in [2.05, 4.69) is 22.3 Å². The van der Waals surface area contributed by atoms with E-state index >= 15 is 0 Å². The van der Waals surface area contributed by atoms with E-state index in [1.807, 2.05) is 25.1 Å². The molecule has 0 spiro atoms. The van der Waals surface area contributed by atoms with Crippen LogP contribution in [0.3, 0.4) is 0 Å². The highest BCUT2D eigenvalue weighted by Gasteiger charge is 2.38. The van der Waals surface area contributed by atoms with E-state index in [1.54, 1.807) is 12.1 Å². The number of nitrogens with one attached hydrogen (secondary N) is 1. The molecule has 2 fully saturated rings. The molecule has 0 radical (unpaired) electrons. The van der Waals surface area contributed by atoms with Gasteiger partial charge >= 0.3 is 0 Å². The van der Waals surface area contributed by atoms with Gasteiger partial charge in [0, 0.05) is 25.2 Å². The first kappa shape index (κ1) is 17.2. The minimum atomic E-state index is -0.467. The molecule has 0 bridgehead atoms. The molecule has 2 aromatic carbocycles. The second kappa shape index (κ2) is 7.17. The molecule has 0 saturated carbocycles. The lowest BCUT2D eigenvalue weighted by molar-refractivity contribution is -0.0502. The van der Waals surface area contributed by atoms with Crippen LogP contribution in [0.2, 0.25) is 0 Å². The number of hydrogen-bond donors (Lipinski definition) is 1. The van der Waals surface area contributed by atoms with Gasteiger partial charge in [0.05, 0.1) is 18.3 Å². The van der Waals surface area contributed by atoms with Gasteiger partial charge in [-0.1, -0.05) is 36.4 Å². The second-order valence-corrected chi connectivity index (χ2v) is 7.23. The third-order valence-corrected chi connectivity index (χ3v) is 5.29. The van der Waals surface area contributed by atoms with Gasteiger partial charge < -0.3 is 10.1 Å². The Balaban J connectivity index is 1.38. The molecule has 26 heavy (non-hydrogen) atoms. The topological polar surface area (TPSA) is 41.6 Å². The van der Waals surface area contributed by atoms with Crippen LogP contribution in [0.15, 0.2) is 48.5 Å². The molecule has 2 saturated heterocycles. The number of aryl methyl sites for hydroxylation is 1. The van der Waals surface area contributed by atoms with Crippen molar-refractivity contribution in [2.75, 3.05) is 19.7 Å². The summed E-state index contributed by atoms with van der Waals surface area (Å²) in [5.41, 5.74) is 2.10. The number of hydrogen-bond acceptors (Lipinski definition) is 3. The van der Waals surface area contributed by atoms with Crippen LogP contribution in [-0.4, -0.2) is 42.6 Å². The van der Waals surface area contributed by atoms with E-state index in [-0.39, 0.29) is 23.6 Å². The number of carbonyl (C=O) groups is 1. The maximum absolute atomic E-state index is 14.0. The fourth-order valence-electron chi connectivity index (χ4n) is 3.92. The summed E-state index contributed by atoms with van der Waals surface area (Å²) >= 11 is 0. The second-order valence-electron chi connectivity index (χ2n) is 7.23. The van der Waals surface area contributed by atoms with Crippen molar-refractivity contribution in [3.8, 4) is 0 Å². The van der Waals surface area contributed by atoms with E-state index < -0.39 is 5.82 Å². The Morgan fingerprint density at radius 2 is 2.00 bits per heavy atom. The van der Waals surface area contributed by atoms with Crippen LogP contribution < -0.4 is 5.32 Å². The molecular formula is C21H23FN2O2. The number of nitrogens with zero attached hydrogens (tertiary/aromatic N) is 1. The maximum atomic E-state index is 14.0. The lowest BCUT2D eigenvalue weighted by Gasteiger charge is -2.35. The van der Waals surface area contributed by atoms with Crippen LogP contribution in [0.5, 0.6) is 0 Å². The number of morpholine rings is 1. The molecule has 2 heterocycles. The number of carbonyl (C=O) groups excluding carboxylic acids is 1. The van der Waals surface area contributed by atoms with Crippen molar-refractivity contribution in [1.82, 2.24) is 10.2 Å². The van der Waals surface area contributed by atoms with Gasteiger partial charge in [-0.25, -0.2) is 4.39 Å². The molecule has 2 aliphatic heterocycles. The predicted molar refractivity (Wildman–Crippen MR) is 97.5 cm³/mol. The van der Waals surface area contributed by atoms with Crippen molar-refractivity contribution in [3.63, 3.8) is 0 Å². The summed E-state index contributed by atoms with van der Waals surface area (Å²) in [5, 5.41) is 2.99. The first-order valence-corrected chi connectivity index (χ1v) is 9.08. The highest BCUT2D eigenvalue weighted by Crippen LogP contribution is 2.30. The highest BCUT2D eigenvalue weighted by atomic mass is 19.1. The Labute approximate surface area is 153 Å². The number of benzene rings is 2. The number of fused-ring (bicyclic) bond motifs is 1. The van der Waals surface area contributed by atoms with E-state index in [1.165, 1.54) is 11.6 Å². The predicted octanol–water partition coefficient (Wildman–Crippen LogP) is 3.08. The molecule has 3 atom stereocenters. The fourth-order valence-corrected chi connectivity index (χ4v) is 3.92. The third-order valence-electron chi connectivity index (χ3n) is 5.29. The van der Waals surface area contributed by atoms with Crippen LogP contribution in [0.1, 0.15) is 34.0 Å². The number of amides is 1. The zero-order chi connectivity index (χ0) is 18.1. The van der Waals surface area contributed by atoms with Gasteiger partial charge in [0.15, 0.2) is 0 Å². The van der Waals surface area contributed by atoms with Crippen molar-refractivity contribution in [1.29, 1.82) is 0 Å². The molecule has 0 aromatic heterocycles. The highest BCUT2D eigenvalue weighted by molar-refractivity contribution is 5.94. The Morgan fingerprint density at radius 1 is 1.19 bits per heavy atom. The van der Waals surface area contributed by atoms with Gasteiger partial charge in [-0.15, -0.1) is 0 Å². The van der Waals surface area contributed by atoms with Crippen LogP contribution in [0.25, 0.3) is 0 Å². The summed E-state index contributed by atoms with van der Waals surface area (Å²) in [7, 11) is 0. The Bertz CT molecular complexity index is 796. The normalized spacial score (nSPS) is 25.7. The van der Waals surface area contributed by atoms with Crippen molar-refractivity contribution in [2.24, 2.45) is 0 Å². The lowest BCUT2D eigenvalue weighted by Crippen LogP contribution is -2.43. The first-order chi connectivity index (χ1) is 12.6. The molecule has 0 aliphatic carbocycles. The summed E-state index contributed by atoms with van der Waals surface area (Å²) in [6.07, 6.45) is 0.900. The Kier molecular flexibility index (Phi) is 4.74. The van der Waals surface area contributed by atoms with Gasteiger partial charge in [0.25, 0.3) is 5.91 Å². The van der Waals surface area contributed by atoms with E-state index in [0.29, 0.717) is 12.6 Å². The average molecular weight is 354 g/mol. The lowest BCUT2D eigenvalue weighted by atomic mass is 10.1. The van der Waals surface area contributed by atoms with E-state index in [4.69, 9.17) is 4.74 Å². The number of ether oxygens (including phenoxy) is 1. The summed E-state index contributed by atoms with van der Waals surface area (Å²) in [4.78, 5) is 14.8. The summed E-state index contributed by atoms with van der Waals surface area (Å²) < 4.78 is 20.1. The molecule has 2 aromatic rings. The van der Waals surface area contributed by atoms with E-state index in [0.717, 1.165) is 25.1 Å². The zero-order valence-electron chi connectivity index (χ0n) is 14.8. The van der Waals surface area contributed by atoms with Crippen molar-refractivity contribution >= 4 is 5.91 Å². The zero-order valence-corrected chi connectivity index (χ0v) is 14.8. The van der Waals surface area contributed by atoms with Crippen molar-refractivity contribution < 1.29 is 13.9 Å². The molecule has 0 unspecified atom stereocenters. The molecule has 4 rings (SSSR count).